The number of carbonyl (C=O) groups is 3. The van der Waals surface area contributed by atoms with Crippen LogP contribution >= 0.6 is 11.3 Å². The number of anilines is 3. The van der Waals surface area contributed by atoms with E-state index in [-0.39, 0.29) is 67.5 Å². The van der Waals surface area contributed by atoms with E-state index in [9.17, 15) is 24.6 Å². The number of rotatable bonds is 12. The minimum atomic E-state index is -0.902. The minimum Gasteiger partial charge on any atom is -0.507 e. The van der Waals surface area contributed by atoms with E-state index in [0.717, 1.165) is 83.2 Å². The van der Waals surface area contributed by atoms with Gasteiger partial charge in [0.1, 0.15) is 17.8 Å². The Morgan fingerprint density at radius 3 is 2.31 bits per heavy atom. The normalized spacial score (nSPS) is 21.5. The van der Waals surface area contributed by atoms with Gasteiger partial charge in [0.15, 0.2) is 5.82 Å². The first-order valence-corrected chi connectivity index (χ1v) is 24.5. The molecule has 4 saturated heterocycles. The van der Waals surface area contributed by atoms with Crippen LogP contribution < -0.4 is 26.2 Å². The molecule has 4 aliphatic heterocycles. The van der Waals surface area contributed by atoms with E-state index < -0.39 is 23.6 Å². The lowest BCUT2D eigenvalue weighted by atomic mass is 9.85. The van der Waals surface area contributed by atoms with Crippen LogP contribution in [0.15, 0.2) is 66.4 Å². The van der Waals surface area contributed by atoms with Crippen molar-refractivity contribution in [3.8, 4) is 27.4 Å². The van der Waals surface area contributed by atoms with Crippen molar-refractivity contribution in [1.29, 1.82) is 0 Å². The van der Waals surface area contributed by atoms with E-state index in [1.807, 2.05) is 82.9 Å². The number of phenols is 1. The maximum Gasteiger partial charge on any atom is 0.246 e. The standard InChI is InChI=1S/C50H62N12O5S/c1-29-18-32(44-30(2)55-28-68-44)10-11-33(29)21-52-47(66)41-19-37(63)26-61(41)48(67)45(50(3,4)5)56-43(65)27-59-16-14-31(15-17-59)34-22-53-49(54-23-34)62-35-12-13-36(62)25-60(24-35)40-20-39(57-58-46(40)51)38-8-6-7-9-42(38)64/h6-11,18,20,22-23,28,31,35-37,41,45,63-64H,12-17,19,21,24-27H2,1-5H3,(H2,51,58)(H,52,66)(H,56,65)/t35?,36?,37-,41+,45-/m1/s1. The number of nitrogens with two attached hydrogens (primary N) is 1. The number of benzene rings is 2. The smallest absolute Gasteiger partial charge is 0.246 e. The van der Waals surface area contributed by atoms with Gasteiger partial charge in [-0.15, -0.1) is 21.5 Å². The van der Waals surface area contributed by atoms with E-state index in [4.69, 9.17) is 15.7 Å². The maximum atomic E-state index is 14.3. The summed E-state index contributed by atoms with van der Waals surface area (Å²) in [6, 6.07) is 13.8. The number of likely N-dealkylation sites (tertiary alicyclic amines) is 2. The molecule has 3 amide bonds. The van der Waals surface area contributed by atoms with Crippen molar-refractivity contribution in [1.82, 2.24) is 45.6 Å². The third-order valence-electron chi connectivity index (χ3n) is 14.2. The largest absolute Gasteiger partial charge is 0.507 e. The highest BCUT2D eigenvalue weighted by atomic mass is 32.1. The Morgan fingerprint density at radius 1 is 0.926 bits per heavy atom. The monoisotopic (exact) mass is 942 g/mol. The molecule has 7 heterocycles. The number of hydrogen-bond acceptors (Lipinski definition) is 15. The predicted octanol–water partition coefficient (Wildman–Crippen LogP) is 4.81. The number of nitrogen functional groups attached to an aromatic ring is 1. The molecule has 17 nitrogen and oxygen atoms in total. The zero-order valence-electron chi connectivity index (χ0n) is 39.4. The summed E-state index contributed by atoms with van der Waals surface area (Å²) in [5.41, 5.74) is 14.6. The molecule has 358 valence electrons. The number of fused-ring (bicyclic) bond motifs is 2. The fourth-order valence-electron chi connectivity index (χ4n) is 10.4. The Morgan fingerprint density at radius 2 is 1.65 bits per heavy atom. The molecule has 4 fully saturated rings. The van der Waals surface area contributed by atoms with Crippen LogP contribution in [0.25, 0.3) is 21.7 Å². The number of nitrogens with one attached hydrogen (secondary N) is 2. The molecule has 2 aromatic carbocycles. The van der Waals surface area contributed by atoms with E-state index in [1.165, 1.54) is 4.90 Å². The average molecular weight is 943 g/mol. The van der Waals surface area contributed by atoms with Gasteiger partial charge >= 0.3 is 0 Å². The lowest BCUT2D eigenvalue weighted by Crippen LogP contribution is -2.58. The van der Waals surface area contributed by atoms with Crippen molar-refractivity contribution in [3.63, 3.8) is 0 Å². The number of amides is 3. The Kier molecular flexibility index (Phi) is 13.4. The Balaban J connectivity index is 0.764. The van der Waals surface area contributed by atoms with Crippen LogP contribution in [0.5, 0.6) is 5.75 Å². The molecule has 4 aliphatic rings. The molecular weight excluding hydrogens is 881 g/mol. The second-order valence-corrected chi connectivity index (χ2v) is 20.8. The van der Waals surface area contributed by atoms with Gasteiger partial charge in [0.25, 0.3) is 0 Å². The van der Waals surface area contributed by atoms with Crippen LogP contribution in [0, 0.1) is 19.3 Å². The van der Waals surface area contributed by atoms with Gasteiger partial charge in [-0.25, -0.2) is 15.0 Å². The van der Waals surface area contributed by atoms with E-state index in [2.05, 4.69) is 46.6 Å². The van der Waals surface area contributed by atoms with Crippen molar-refractivity contribution in [2.45, 2.75) is 109 Å². The molecule has 5 atom stereocenters. The third-order valence-corrected chi connectivity index (χ3v) is 15.2. The number of β-amino-alcohol motifs (C(OH)–C–C–N with tert-alkyl or cyclic N) is 1. The zero-order valence-corrected chi connectivity index (χ0v) is 40.2. The van der Waals surface area contributed by atoms with Crippen LogP contribution in [0.3, 0.4) is 0 Å². The summed E-state index contributed by atoms with van der Waals surface area (Å²) >= 11 is 1.59. The summed E-state index contributed by atoms with van der Waals surface area (Å²) in [6.45, 7) is 13.0. The van der Waals surface area contributed by atoms with Crippen molar-refractivity contribution in [2.75, 3.05) is 54.8 Å². The van der Waals surface area contributed by atoms with Gasteiger partial charge in [0, 0.05) is 62.6 Å². The Bertz CT molecular complexity index is 2630. The van der Waals surface area contributed by atoms with E-state index in [1.54, 1.807) is 23.5 Å². The molecule has 5 aromatic rings. The van der Waals surface area contributed by atoms with Crippen LogP contribution in [-0.4, -0.2) is 132 Å². The molecule has 0 saturated carbocycles. The molecule has 6 N–H and O–H groups in total. The Labute approximate surface area is 401 Å². The van der Waals surface area contributed by atoms with Crippen LogP contribution in [0.4, 0.5) is 17.5 Å². The van der Waals surface area contributed by atoms with Gasteiger partial charge in [-0.05, 0) is 104 Å². The van der Waals surface area contributed by atoms with Crippen LogP contribution in [0.2, 0.25) is 0 Å². The number of aliphatic hydroxyl groups excluding tert-OH is 1. The predicted molar refractivity (Wildman–Crippen MR) is 262 cm³/mol. The summed E-state index contributed by atoms with van der Waals surface area (Å²) in [6.07, 6.45) is 6.88. The van der Waals surface area contributed by atoms with Crippen LogP contribution in [-0.2, 0) is 20.9 Å². The number of para-hydroxylation sites is 1. The SMILES string of the molecule is Cc1cc(-c2scnc2C)ccc1CNC(=O)[C@@H]1C[C@@H](O)CN1C(=O)[C@@H](NC(=O)CN1CCC(c2cnc(N3C4CCC3CN(c3cc(-c5ccccc5O)nnc3N)C4)nc2)CC1)C(C)(C)C. The number of aromatic hydroxyl groups is 1. The quantitative estimate of drug-likeness (QED) is 0.114. The first-order valence-electron chi connectivity index (χ1n) is 23.7. The molecule has 0 aliphatic carbocycles. The number of hydrogen-bond donors (Lipinski definition) is 5. The van der Waals surface area contributed by atoms with Gasteiger partial charge in [-0.1, -0.05) is 51.1 Å². The summed E-state index contributed by atoms with van der Waals surface area (Å²) in [4.78, 5) is 65.0. The van der Waals surface area contributed by atoms with Crippen molar-refractivity contribution in [2.24, 2.45) is 5.41 Å². The summed E-state index contributed by atoms with van der Waals surface area (Å²) < 4.78 is 0. The zero-order chi connectivity index (χ0) is 47.9. The fraction of sp³-hybridized carbons (Fsp3) is 0.480. The van der Waals surface area contributed by atoms with E-state index in [0.29, 0.717) is 30.2 Å². The van der Waals surface area contributed by atoms with Gasteiger partial charge < -0.3 is 41.3 Å². The number of aromatic nitrogens is 5. The molecule has 3 aromatic heterocycles. The molecular formula is C50H62N12O5S. The molecule has 0 radical (unpaired) electrons. The number of piperidine rings is 1. The highest BCUT2D eigenvalue weighted by molar-refractivity contribution is 7.13. The average Bonchev–Trinajstić information content (AvgIpc) is 4.01. The number of carbonyl (C=O) groups excluding carboxylic acids is 3. The van der Waals surface area contributed by atoms with Crippen molar-refractivity contribution in [3.05, 3.63) is 88.8 Å². The number of aliphatic hydroxyl groups is 1. The van der Waals surface area contributed by atoms with Crippen molar-refractivity contribution >= 4 is 46.5 Å². The van der Waals surface area contributed by atoms with E-state index >= 15 is 0 Å². The molecule has 18 heteroatoms. The molecule has 0 spiro atoms. The number of phenolic OH excluding ortho intramolecular Hbond substituents is 1. The number of aryl methyl sites for hydroxylation is 2. The highest BCUT2D eigenvalue weighted by Crippen LogP contribution is 2.39. The topological polar surface area (TPSA) is 219 Å². The van der Waals surface area contributed by atoms with Gasteiger partial charge in [0.2, 0.25) is 23.7 Å². The van der Waals surface area contributed by atoms with Gasteiger partial charge in [0.05, 0.1) is 40.1 Å². The fourth-order valence-corrected chi connectivity index (χ4v) is 11.2. The molecule has 2 bridgehead atoms. The summed E-state index contributed by atoms with van der Waals surface area (Å²) in [5, 5.41) is 35.7. The summed E-state index contributed by atoms with van der Waals surface area (Å²) in [5.74, 6) is 0.502. The molecule has 68 heavy (non-hydrogen) atoms. The maximum absolute atomic E-state index is 14.3. The number of nitrogens with zero attached hydrogens (tertiary/aromatic N) is 9. The van der Waals surface area contributed by atoms with Gasteiger partial charge in [-0.3, -0.25) is 19.3 Å². The first-order chi connectivity index (χ1) is 32.6. The van der Waals surface area contributed by atoms with Gasteiger partial charge in [-0.2, -0.15) is 0 Å². The molecule has 2 unspecified atom stereocenters. The lowest BCUT2D eigenvalue weighted by Gasteiger charge is -2.42. The first kappa shape index (κ1) is 46.9. The second-order valence-electron chi connectivity index (χ2n) is 20.0. The van der Waals surface area contributed by atoms with Crippen molar-refractivity contribution < 1.29 is 24.6 Å². The lowest BCUT2D eigenvalue weighted by molar-refractivity contribution is -0.144. The third kappa shape index (κ3) is 9.85. The molecule has 9 rings (SSSR count). The second kappa shape index (κ2) is 19.4. The highest BCUT2D eigenvalue weighted by Gasteiger charge is 2.45. The van der Waals surface area contributed by atoms with Crippen LogP contribution in [0.1, 0.15) is 81.2 Å². The minimum absolute atomic E-state index is 0.0146. The Hall–Kier alpha value is -6.24. The number of thiazole rings is 1. The summed E-state index contributed by atoms with van der Waals surface area (Å²) in [7, 11) is 0. The number of piperazine rings is 1.